The lowest BCUT2D eigenvalue weighted by Gasteiger charge is -2.35. The summed E-state index contributed by atoms with van der Waals surface area (Å²) in [6.07, 6.45) is 1.86. The van der Waals surface area contributed by atoms with E-state index in [0.29, 0.717) is 18.8 Å². The Morgan fingerprint density at radius 2 is 2.06 bits per heavy atom. The van der Waals surface area contributed by atoms with Crippen molar-refractivity contribution in [2.24, 2.45) is 11.3 Å². The average molecular weight is 240 g/mol. The van der Waals surface area contributed by atoms with E-state index in [1.54, 1.807) is 0 Å². The lowest BCUT2D eigenvalue weighted by Crippen LogP contribution is -2.51. The van der Waals surface area contributed by atoms with Gasteiger partial charge >= 0.3 is 5.97 Å². The van der Waals surface area contributed by atoms with Crippen LogP contribution in [0, 0.1) is 11.3 Å². The third kappa shape index (κ3) is 2.29. The molecule has 17 heavy (non-hydrogen) atoms. The van der Waals surface area contributed by atoms with Crippen molar-refractivity contribution in [3.8, 4) is 0 Å². The molecule has 2 atom stereocenters. The summed E-state index contributed by atoms with van der Waals surface area (Å²) in [5.41, 5.74) is -1.11. The number of carboxylic acids is 1. The van der Waals surface area contributed by atoms with Gasteiger partial charge in [-0.15, -0.1) is 0 Å². The molecule has 0 radical (unpaired) electrons. The van der Waals surface area contributed by atoms with Crippen LogP contribution < -0.4 is 5.32 Å². The molecular weight excluding hydrogens is 220 g/mol. The molecule has 1 heterocycles. The highest BCUT2D eigenvalue weighted by Crippen LogP contribution is 2.46. The average Bonchev–Trinajstić information content (AvgIpc) is 3.02. The van der Waals surface area contributed by atoms with Gasteiger partial charge in [0.15, 0.2) is 0 Å². The number of carbonyl (C=O) groups excluding carboxylic acids is 1. The summed E-state index contributed by atoms with van der Waals surface area (Å²) in [7, 11) is 2.06. The molecule has 96 valence electrons. The van der Waals surface area contributed by atoms with Crippen molar-refractivity contribution in [1.29, 1.82) is 0 Å². The minimum absolute atomic E-state index is 0.121. The first kappa shape index (κ1) is 12.4. The Morgan fingerprint density at radius 1 is 1.41 bits per heavy atom. The van der Waals surface area contributed by atoms with Crippen LogP contribution in [0.3, 0.4) is 0 Å². The van der Waals surface area contributed by atoms with Crippen LogP contribution in [0.4, 0.5) is 0 Å². The monoisotopic (exact) mass is 240 g/mol. The second-order valence-electron chi connectivity index (χ2n) is 5.50. The summed E-state index contributed by atoms with van der Waals surface area (Å²) in [5, 5.41) is 12.0. The topological polar surface area (TPSA) is 69.6 Å². The van der Waals surface area contributed by atoms with Crippen molar-refractivity contribution in [1.82, 2.24) is 10.2 Å². The van der Waals surface area contributed by atoms with Crippen LogP contribution in [-0.4, -0.2) is 48.1 Å². The van der Waals surface area contributed by atoms with Crippen molar-refractivity contribution in [2.45, 2.75) is 32.2 Å². The maximum absolute atomic E-state index is 12.0. The van der Waals surface area contributed by atoms with Gasteiger partial charge in [-0.2, -0.15) is 0 Å². The molecule has 2 unspecified atom stereocenters. The fourth-order valence-corrected chi connectivity index (χ4v) is 2.54. The van der Waals surface area contributed by atoms with Crippen LogP contribution in [0.1, 0.15) is 26.2 Å². The third-order valence-electron chi connectivity index (χ3n) is 4.02. The molecule has 0 aromatic heterocycles. The molecule has 2 aliphatic rings. The van der Waals surface area contributed by atoms with Gasteiger partial charge in [-0.3, -0.25) is 9.59 Å². The third-order valence-corrected chi connectivity index (χ3v) is 4.02. The van der Waals surface area contributed by atoms with E-state index in [1.165, 1.54) is 0 Å². The van der Waals surface area contributed by atoms with E-state index in [0.717, 1.165) is 19.5 Å². The summed E-state index contributed by atoms with van der Waals surface area (Å²) < 4.78 is 0. The molecule has 0 spiro atoms. The van der Waals surface area contributed by atoms with Crippen molar-refractivity contribution >= 4 is 11.9 Å². The van der Waals surface area contributed by atoms with Gasteiger partial charge in [-0.25, -0.2) is 0 Å². The number of hydrogen-bond donors (Lipinski definition) is 2. The van der Waals surface area contributed by atoms with Crippen LogP contribution in [0.5, 0.6) is 0 Å². The van der Waals surface area contributed by atoms with Crippen molar-refractivity contribution in [3.05, 3.63) is 0 Å². The number of amides is 1. The first-order valence-electron chi connectivity index (χ1n) is 6.18. The van der Waals surface area contributed by atoms with Gasteiger partial charge in [-0.05, 0) is 38.8 Å². The zero-order chi connectivity index (χ0) is 12.6. The van der Waals surface area contributed by atoms with Crippen molar-refractivity contribution < 1.29 is 14.7 Å². The molecule has 2 fully saturated rings. The van der Waals surface area contributed by atoms with E-state index in [2.05, 4.69) is 24.2 Å². The van der Waals surface area contributed by atoms with Crippen LogP contribution in [0.25, 0.3) is 0 Å². The first-order chi connectivity index (χ1) is 7.95. The molecule has 1 aliphatic heterocycles. The van der Waals surface area contributed by atoms with E-state index in [4.69, 9.17) is 5.11 Å². The maximum atomic E-state index is 12.0. The number of carboxylic acid groups (broad SMARTS) is 1. The molecule has 2 N–H and O–H groups in total. The van der Waals surface area contributed by atoms with Crippen molar-refractivity contribution in [2.75, 3.05) is 20.1 Å². The molecular formula is C12H20N2O3. The van der Waals surface area contributed by atoms with Crippen LogP contribution >= 0.6 is 0 Å². The molecule has 0 aromatic carbocycles. The first-order valence-corrected chi connectivity index (χ1v) is 6.18. The molecule has 5 nitrogen and oxygen atoms in total. The highest BCUT2D eigenvalue weighted by Gasteiger charge is 2.57. The van der Waals surface area contributed by atoms with Gasteiger partial charge in [0.2, 0.25) is 5.91 Å². The Kier molecular flexibility index (Phi) is 3.12. The normalized spacial score (nSPS) is 31.9. The second kappa shape index (κ2) is 4.29. The van der Waals surface area contributed by atoms with Gasteiger partial charge < -0.3 is 15.3 Å². The molecule has 0 bridgehead atoms. The number of likely N-dealkylation sites (tertiary alicyclic amines) is 1. The summed E-state index contributed by atoms with van der Waals surface area (Å²) >= 11 is 0. The second-order valence-corrected chi connectivity index (χ2v) is 5.50. The number of aliphatic carboxylic acids is 1. The van der Waals surface area contributed by atoms with Gasteiger partial charge in [0.05, 0.1) is 0 Å². The number of piperidine rings is 1. The number of nitrogens with zero attached hydrogens (tertiary/aromatic N) is 1. The summed E-state index contributed by atoms with van der Waals surface area (Å²) in [6, 6.07) is 0.121. The lowest BCUT2D eigenvalue weighted by atomic mass is 9.93. The van der Waals surface area contributed by atoms with Gasteiger partial charge in [0, 0.05) is 12.6 Å². The summed E-state index contributed by atoms with van der Waals surface area (Å²) in [4.78, 5) is 25.2. The van der Waals surface area contributed by atoms with E-state index in [1.807, 2.05) is 0 Å². The van der Waals surface area contributed by atoms with Gasteiger partial charge in [0.1, 0.15) is 5.41 Å². The fraction of sp³-hybridized carbons (Fsp3) is 0.833. The molecule has 1 aliphatic carbocycles. The highest BCUT2D eigenvalue weighted by atomic mass is 16.4. The van der Waals surface area contributed by atoms with Crippen LogP contribution in [0.15, 0.2) is 0 Å². The van der Waals surface area contributed by atoms with Crippen LogP contribution in [-0.2, 0) is 9.59 Å². The largest absolute Gasteiger partial charge is 0.480 e. The number of carbonyl (C=O) groups is 2. The maximum Gasteiger partial charge on any atom is 0.319 e. The Balaban J connectivity index is 1.93. The van der Waals surface area contributed by atoms with Crippen molar-refractivity contribution in [3.63, 3.8) is 0 Å². The summed E-state index contributed by atoms with van der Waals surface area (Å²) in [5.74, 6) is -0.885. The van der Waals surface area contributed by atoms with E-state index in [9.17, 15) is 9.59 Å². The lowest BCUT2D eigenvalue weighted by molar-refractivity contribution is -0.149. The molecule has 0 aromatic rings. The standard InChI is InChI=1S/C12H20N2O3/c1-8-7-14(2)6-3-9(8)13-10(15)12(4-5-12)11(16)17/h8-9H,3-7H2,1-2H3,(H,13,15)(H,16,17). The summed E-state index contributed by atoms with van der Waals surface area (Å²) in [6.45, 7) is 4.00. The van der Waals surface area contributed by atoms with Gasteiger partial charge in [-0.1, -0.05) is 6.92 Å². The smallest absolute Gasteiger partial charge is 0.319 e. The Labute approximate surface area is 101 Å². The molecule has 1 saturated carbocycles. The molecule has 5 heteroatoms. The minimum atomic E-state index is -1.11. The van der Waals surface area contributed by atoms with Crippen LogP contribution in [0.2, 0.25) is 0 Å². The SMILES string of the molecule is CC1CN(C)CCC1NC(=O)C1(C(=O)O)CC1. The minimum Gasteiger partial charge on any atom is -0.480 e. The fourth-order valence-electron chi connectivity index (χ4n) is 2.54. The van der Waals surface area contributed by atoms with E-state index >= 15 is 0 Å². The number of nitrogens with one attached hydrogen (secondary N) is 1. The Hall–Kier alpha value is -1.10. The zero-order valence-electron chi connectivity index (χ0n) is 10.4. The Morgan fingerprint density at radius 3 is 2.53 bits per heavy atom. The predicted octanol–water partition coefficient (Wildman–Crippen LogP) is 0.308. The number of hydrogen-bond acceptors (Lipinski definition) is 3. The van der Waals surface area contributed by atoms with E-state index < -0.39 is 11.4 Å². The molecule has 1 saturated heterocycles. The molecule has 2 rings (SSSR count). The number of rotatable bonds is 3. The Bertz CT molecular complexity index is 339. The highest BCUT2D eigenvalue weighted by molar-refractivity contribution is 6.04. The zero-order valence-corrected chi connectivity index (χ0v) is 10.4. The van der Waals surface area contributed by atoms with Gasteiger partial charge in [0.25, 0.3) is 0 Å². The molecule has 1 amide bonds. The predicted molar refractivity (Wildman–Crippen MR) is 62.5 cm³/mol. The quantitative estimate of drug-likeness (QED) is 0.696. The van der Waals surface area contributed by atoms with E-state index in [-0.39, 0.29) is 11.9 Å².